The fourth-order valence-electron chi connectivity index (χ4n) is 4.23. The molecule has 0 radical (unpaired) electrons. The third-order valence-electron chi connectivity index (χ3n) is 5.34. The van der Waals surface area contributed by atoms with Crippen molar-refractivity contribution in [2.75, 3.05) is 41.3 Å². The molecule has 3 fully saturated rings. The van der Waals surface area contributed by atoms with Crippen LogP contribution in [0.4, 0.5) is 0 Å². The number of aromatic nitrogens is 3. The monoisotopic (exact) mass is 322 g/mol. The minimum Gasteiger partial charge on any atom is -0.348 e. The summed E-state index contributed by atoms with van der Waals surface area (Å²) in [5.41, 5.74) is 1.05. The largest absolute Gasteiger partial charge is 0.348 e. The van der Waals surface area contributed by atoms with Gasteiger partial charge in [-0.3, -0.25) is 4.79 Å². The van der Waals surface area contributed by atoms with Gasteiger partial charge in [0.15, 0.2) is 0 Å². The standard InChI is InChI=1S/C16H28N6O/c1-19(2)8-13-9-22(18-17-13)10-14-7-12-5-6-21(14)11-15(12)16(23)20(3)4/h9,12,14-15H,5-8,10-11H2,1-4H3/p+2/t12-,14-,15+/m1/s1. The van der Waals surface area contributed by atoms with E-state index in [0.717, 1.165) is 31.7 Å². The lowest BCUT2D eigenvalue weighted by Gasteiger charge is -2.46. The maximum Gasteiger partial charge on any atom is 0.231 e. The number of amides is 1. The van der Waals surface area contributed by atoms with E-state index in [-0.39, 0.29) is 5.92 Å². The normalized spacial score (nSPS) is 30.0. The van der Waals surface area contributed by atoms with Crippen LogP contribution in [0.15, 0.2) is 6.20 Å². The quantitative estimate of drug-likeness (QED) is 0.620. The number of quaternary nitrogens is 2. The molecule has 23 heavy (non-hydrogen) atoms. The van der Waals surface area contributed by atoms with Crippen LogP contribution in [0.5, 0.6) is 0 Å². The molecule has 0 aromatic carbocycles. The molecule has 0 saturated carbocycles. The Bertz CT molecular complexity index is 555. The lowest BCUT2D eigenvalue weighted by Crippen LogP contribution is -3.20. The number of hydrogen-bond acceptors (Lipinski definition) is 3. The van der Waals surface area contributed by atoms with Crippen molar-refractivity contribution in [3.63, 3.8) is 0 Å². The molecule has 2 N–H and O–H groups in total. The minimum atomic E-state index is 0.216. The lowest BCUT2D eigenvalue weighted by molar-refractivity contribution is -0.945. The highest BCUT2D eigenvalue weighted by molar-refractivity contribution is 5.78. The zero-order valence-corrected chi connectivity index (χ0v) is 14.7. The maximum absolute atomic E-state index is 12.3. The molecule has 1 aromatic heterocycles. The van der Waals surface area contributed by atoms with E-state index in [9.17, 15) is 4.79 Å². The molecule has 0 aliphatic carbocycles. The van der Waals surface area contributed by atoms with Crippen LogP contribution in [-0.2, 0) is 17.9 Å². The van der Waals surface area contributed by atoms with Gasteiger partial charge in [-0.1, -0.05) is 5.21 Å². The van der Waals surface area contributed by atoms with Gasteiger partial charge >= 0.3 is 0 Å². The molecule has 7 nitrogen and oxygen atoms in total. The Morgan fingerprint density at radius 1 is 1.48 bits per heavy atom. The van der Waals surface area contributed by atoms with Crippen LogP contribution in [0.1, 0.15) is 18.5 Å². The van der Waals surface area contributed by atoms with Gasteiger partial charge in [0.2, 0.25) is 5.91 Å². The Balaban J connectivity index is 1.61. The van der Waals surface area contributed by atoms with Crippen molar-refractivity contribution in [3.05, 3.63) is 11.9 Å². The van der Waals surface area contributed by atoms with Crippen LogP contribution < -0.4 is 9.80 Å². The van der Waals surface area contributed by atoms with E-state index in [1.807, 2.05) is 18.8 Å². The first-order valence-electron chi connectivity index (χ1n) is 8.68. The molecule has 3 aliphatic rings. The van der Waals surface area contributed by atoms with Gasteiger partial charge in [0.1, 0.15) is 18.3 Å². The Hall–Kier alpha value is -1.47. The number of nitrogens with zero attached hydrogens (tertiary/aromatic N) is 4. The number of piperidine rings is 3. The molecule has 0 spiro atoms. The first-order valence-corrected chi connectivity index (χ1v) is 8.68. The molecule has 1 unspecified atom stereocenters. The third-order valence-corrected chi connectivity index (χ3v) is 5.34. The van der Waals surface area contributed by atoms with Crippen molar-refractivity contribution in [2.24, 2.45) is 11.8 Å². The van der Waals surface area contributed by atoms with Crippen molar-refractivity contribution in [3.8, 4) is 0 Å². The molecular formula is C16H30N6O+2. The van der Waals surface area contributed by atoms with Crippen LogP contribution >= 0.6 is 0 Å². The predicted molar refractivity (Wildman–Crippen MR) is 85.9 cm³/mol. The Kier molecular flexibility index (Phi) is 4.68. The number of carbonyl (C=O) groups excluding carboxylic acids is 1. The van der Waals surface area contributed by atoms with E-state index in [0.29, 0.717) is 17.9 Å². The number of carbonyl (C=O) groups is 1. The summed E-state index contributed by atoms with van der Waals surface area (Å²) in [5.74, 6) is 1.07. The molecule has 3 saturated heterocycles. The van der Waals surface area contributed by atoms with E-state index >= 15 is 0 Å². The van der Waals surface area contributed by atoms with Gasteiger partial charge in [0.05, 0.1) is 45.8 Å². The van der Waals surface area contributed by atoms with Crippen LogP contribution in [0.25, 0.3) is 0 Å². The fourth-order valence-corrected chi connectivity index (χ4v) is 4.23. The van der Waals surface area contributed by atoms with Crippen molar-refractivity contribution < 1.29 is 14.6 Å². The molecule has 7 heteroatoms. The number of nitrogens with one attached hydrogen (secondary N) is 2. The molecular weight excluding hydrogens is 292 g/mol. The van der Waals surface area contributed by atoms with Crippen LogP contribution in [-0.4, -0.2) is 73.1 Å². The van der Waals surface area contributed by atoms with Crippen molar-refractivity contribution in [1.82, 2.24) is 19.9 Å². The summed E-state index contributed by atoms with van der Waals surface area (Å²) in [4.78, 5) is 17.0. The topological polar surface area (TPSA) is 59.9 Å². The average Bonchev–Trinajstić information content (AvgIpc) is 2.93. The van der Waals surface area contributed by atoms with Crippen molar-refractivity contribution >= 4 is 5.91 Å². The number of rotatable bonds is 5. The van der Waals surface area contributed by atoms with Crippen LogP contribution in [0.2, 0.25) is 0 Å². The third kappa shape index (κ3) is 3.55. The molecule has 4 atom stereocenters. The summed E-state index contributed by atoms with van der Waals surface area (Å²) >= 11 is 0. The highest BCUT2D eigenvalue weighted by Crippen LogP contribution is 2.28. The van der Waals surface area contributed by atoms with Gasteiger partial charge in [0, 0.05) is 26.9 Å². The van der Waals surface area contributed by atoms with Gasteiger partial charge < -0.3 is 14.7 Å². The first kappa shape index (κ1) is 16.4. The van der Waals surface area contributed by atoms with Gasteiger partial charge in [-0.2, -0.15) is 0 Å². The summed E-state index contributed by atoms with van der Waals surface area (Å²) in [6, 6.07) is 0.571. The molecule has 3 aliphatic heterocycles. The summed E-state index contributed by atoms with van der Waals surface area (Å²) in [6.45, 7) is 4.00. The van der Waals surface area contributed by atoms with Crippen molar-refractivity contribution in [2.45, 2.75) is 32.0 Å². The Labute approximate surface area is 138 Å². The molecule has 1 aromatic rings. The molecule has 4 rings (SSSR count). The van der Waals surface area contributed by atoms with E-state index in [2.05, 4.69) is 30.6 Å². The van der Waals surface area contributed by atoms with Crippen molar-refractivity contribution in [1.29, 1.82) is 0 Å². The van der Waals surface area contributed by atoms with Gasteiger partial charge in [-0.05, 0) is 5.92 Å². The first-order chi connectivity index (χ1) is 10.9. The van der Waals surface area contributed by atoms with E-state index in [4.69, 9.17) is 0 Å². The summed E-state index contributed by atoms with van der Waals surface area (Å²) < 4.78 is 2.00. The van der Waals surface area contributed by atoms with E-state index in [1.54, 1.807) is 9.80 Å². The summed E-state index contributed by atoms with van der Waals surface area (Å²) in [6.07, 6.45) is 4.40. The summed E-state index contributed by atoms with van der Waals surface area (Å²) in [7, 11) is 7.99. The SMILES string of the molecule is CN(C)C(=O)[C@H]1C[NH+]2CC[C@@H]1C[C@@H]2Cn1cc(C[NH+](C)C)nn1. The fraction of sp³-hybridized carbons (Fsp3) is 0.812. The summed E-state index contributed by atoms with van der Waals surface area (Å²) in [5, 5.41) is 8.57. The van der Waals surface area contributed by atoms with Gasteiger partial charge in [0.25, 0.3) is 0 Å². The lowest BCUT2D eigenvalue weighted by atomic mass is 9.75. The highest BCUT2D eigenvalue weighted by atomic mass is 16.2. The van der Waals surface area contributed by atoms with Gasteiger partial charge in [-0.15, -0.1) is 5.10 Å². The minimum absolute atomic E-state index is 0.216. The molecule has 1 amide bonds. The van der Waals surface area contributed by atoms with Gasteiger partial charge in [-0.25, -0.2) is 4.68 Å². The predicted octanol–water partition coefficient (Wildman–Crippen LogP) is -2.70. The smallest absolute Gasteiger partial charge is 0.231 e. The maximum atomic E-state index is 12.3. The van der Waals surface area contributed by atoms with E-state index < -0.39 is 0 Å². The Morgan fingerprint density at radius 2 is 2.26 bits per heavy atom. The molecule has 4 heterocycles. The zero-order chi connectivity index (χ0) is 16.6. The van der Waals surface area contributed by atoms with Crippen LogP contribution in [0, 0.1) is 11.8 Å². The molecule has 128 valence electrons. The average molecular weight is 322 g/mol. The highest BCUT2D eigenvalue weighted by Gasteiger charge is 2.47. The van der Waals surface area contributed by atoms with E-state index in [1.165, 1.54) is 17.9 Å². The number of hydrogen-bond donors (Lipinski definition) is 2. The Morgan fingerprint density at radius 3 is 2.87 bits per heavy atom. The second-order valence-electron chi connectivity index (χ2n) is 7.75. The second-order valence-corrected chi connectivity index (χ2v) is 7.75. The van der Waals surface area contributed by atoms with Crippen LogP contribution in [0.3, 0.4) is 0 Å². The number of fused-ring (bicyclic) bond motifs is 3. The second kappa shape index (κ2) is 6.57. The zero-order valence-electron chi connectivity index (χ0n) is 14.7. The molecule has 2 bridgehead atoms.